The molecule has 0 bridgehead atoms. The van der Waals surface area contributed by atoms with Crippen LogP contribution in [-0.4, -0.2) is 37.2 Å². The van der Waals surface area contributed by atoms with Gasteiger partial charge in [-0.3, -0.25) is 0 Å². The van der Waals surface area contributed by atoms with E-state index in [2.05, 4.69) is 4.72 Å². The monoisotopic (exact) mass is 277 g/mol. The minimum Gasteiger partial charge on any atom is -0.478 e. The van der Waals surface area contributed by atoms with Gasteiger partial charge in [0.15, 0.2) is 0 Å². The van der Waals surface area contributed by atoms with Crippen molar-refractivity contribution >= 4 is 16.0 Å². The lowest BCUT2D eigenvalue weighted by molar-refractivity contribution is 0.0691. The molecule has 0 heterocycles. The number of sulfonamides is 1. The van der Waals surface area contributed by atoms with Crippen molar-refractivity contribution in [2.24, 2.45) is 0 Å². The number of carbonyl (C=O) groups is 1. The number of aliphatic hydroxyl groups is 1. The first kappa shape index (κ1) is 14.6. The van der Waals surface area contributed by atoms with E-state index in [0.29, 0.717) is 0 Å². The van der Waals surface area contributed by atoms with Gasteiger partial charge in [-0.15, -0.1) is 0 Å². The SMILES string of the molecule is CC(O)CNS(=O)(=O)c1ccc(F)c(C(=O)O)c1. The first-order valence-corrected chi connectivity index (χ1v) is 6.43. The van der Waals surface area contributed by atoms with Crippen molar-refractivity contribution in [3.63, 3.8) is 0 Å². The summed E-state index contributed by atoms with van der Waals surface area (Å²) in [5.74, 6) is -2.57. The average molecular weight is 277 g/mol. The lowest BCUT2D eigenvalue weighted by Gasteiger charge is -2.09. The highest BCUT2D eigenvalue weighted by Gasteiger charge is 2.19. The van der Waals surface area contributed by atoms with Crippen molar-refractivity contribution in [1.82, 2.24) is 4.72 Å². The number of nitrogens with one attached hydrogen (secondary N) is 1. The van der Waals surface area contributed by atoms with E-state index in [1.807, 2.05) is 0 Å². The van der Waals surface area contributed by atoms with E-state index in [1.165, 1.54) is 6.92 Å². The van der Waals surface area contributed by atoms with Gasteiger partial charge in [0.1, 0.15) is 5.82 Å². The molecule has 0 saturated carbocycles. The van der Waals surface area contributed by atoms with Crippen LogP contribution >= 0.6 is 0 Å². The largest absolute Gasteiger partial charge is 0.478 e. The smallest absolute Gasteiger partial charge is 0.338 e. The van der Waals surface area contributed by atoms with Crippen molar-refractivity contribution in [1.29, 1.82) is 0 Å². The van der Waals surface area contributed by atoms with Crippen LogP contribution in [0.3, 0.4) is 0 Å². The zero-order valence-corrected chi connectivity index (χ0v) is 10.2. The summed E-state index contributed by atoms with van der Waals surface area (Å²) in [6.07, 6.45) is -0.890. The van der Waals surface area contributed by atoms with Crippen LogP contribution in [0.25, 0.3) is 0 Å². The molecular formula is C10H12FNO5S. The van der Waals surface area contributed by atoms with Crippen molar-refractivity contribution in [2.45, 2.75) is 17.9 Å². The van der Waals surface area contributed by atoms with E-state index >= 15 is 0 Å². The van der Waals surface area contributed by atoms with Gasteiger partial charge in [0, 0.05) is 6.54 Å². The Balaban J connectivity index is 3.10. The van der Waals surface area contributed by atoms with Crippen molar-refractivity contribution in [3.05, 3.63) is 29.6 Å². The van der Waals surface area contributed by atoms with Gasteiger partial charge in [0.2, 0.25) is 10.0 Å². The van der Waals surface area contributed by atoms with Gasteiger partial charge in [-0.2, -0.15) is 0 Å². The van der Waals surface area contributed by atoms with Crippen LogP contribution in [0.2, 0.25) is 0 Å². The molecule has 0 spiro atoms. The molecule has 0 aliphatic carbocycles. The number of carboxylic acid groups (broad SMARTS) is 1. The lowest BCUT2D eigenvalue weighted by Crippen LogP contribution is -2.30. The molecule has 1 rings (SSSR count). The highest BCUT2D eigenvalue weighted by molar-refractivity contribution is 7.89. The van der Waals surface area contributed by atoms with Gasteiger partial charge < -0.3 is 10.2 Å². The summed E-state index contributed by atoms with van der Waals surface area (Å²) in [4.78, 5) is 10.3. The van der Waals surface area contributed by atoms with Crippen LogP contribution in [0.5, 0.6) is 0 Å². The van der Waals surface area contributed by atoms with Gasteiger partial charge in [-0.1, -0.05) is 0 Å². The minimum atomic E-state index is -3.97. The third-order valence-electron chi connectivity index (χ3n) is 2.05. The number of aromatic carboxylic acids is 1. The molecule has 6 nitrogen and oxygen atoms in total. The average Bonchev–Trinajstić information content (AvgIpc) is 2.26. The maximum atomic E-state index is 13.1. The Morgan fingerprint density at radius 3 is 2.61 bits per heavy atom. The summed E-state index contributed by atoms with van der Waals surface area (Å²) in [6, 6.07) is 2.44. The molecule has 0 fully saturated rings. The number of benzene rings is 1. The Hall–Kier alpha value is -1.51. The van der Waals surface area contributed by atoms with Gasteiger partial charge in [-0.05, 0) is 25.1 Å². The highest BCUT2D eigenvalue weighted by atomic mass is 32.2. The van der Waals surface area contributed by atoms with Crippen LogP contribution in [0.15, 0.2) is 23.1 Å². The molecule has 0 aromatic heterocycles. The summed E-state index contributed by atoms with van der Waals surface area (Å²) in [5.41, 5.74) is -0.727. The molecule has 100 valence electrons. The Labute approximate surface area is 103 Å². The van der Waals surface area contributed by atoms with Gasteiger partial charge in [0.25, 0.3) is 0 Å². The van der Waals surface area contributed by atoms with Crippen molar-refractivity contribution in [3.8, 4) is 0 Å². The van der Waals surface area contributed by atoms with Crippen LogP contribution in [-0.2, 0) is 10.0 Å². The fourth-order valence-electron chi connectivity index (χ4n) is 1.15. The second-order valence-corrected chi connectivity index (χ2v) is 5.41. The molecule has 0 radical (unpaired) electrons. The quantitative estimate of drug-likeness (QED) is 0.712. The third-order valence-corrected chi connectivity index (χ3v) is 3.47. The second-order valence-electron chi connectivity index (χ2n) is 3.65. The van der Waals surface area contributed by atoms with Gasteiger partial charge in [0.05, 0.1) is 16.6 Å². The third kappa shape index (κ3) is 3.49. The van der Waals surface area contributed by atoms with E-state index in [4.69, 9.17) is 10.2 Å². The molecule has 1 aromatic carbocycles. The minimum absolute atomic E-state index is 0.220. The molecule has 0 aliphatic heterocycles. The predicted octanol–water partition coefficient (Wildman–Crippen LogP) is 0.183. The fourth-order valence-corrected chi connectivity index (χ4v) is 2.30. The van der Waals surface area contributed by atoms with E-state index in [9.17, 15) is 17.6 Å². The van der Waals surface area contributed by atoms with E-state index in [0.717, 1.165) is 18.2 Å². The molecule has 1 aromatic rings. The molecule has 0 aliphatic rings. The van der Waals surface area contributed by atoms with Crippen molar-refractivity contribution < 1.29 is 27.8 Å². The first-order valence-electron chi connectivity index (χ1n) is 4.94. The Morgan fingerprint density at radius 1 is 1.50 bits per heavy atom. The number of hydrogen-bond donors (Lipinski definition) is 3. The van der Waals surface area contributed by atoms with Crippen LogP contribution in [0.1, 0.15) is 17.3 Å². The zero-order valence-electron chi connectivity index (χ0n) is 9.42. The maximum Gasteiger partial charge on any atom is 0.338 e. The highest BCUT2D eigenvalue weighted by Crippen LogP contribution is 2.15. The van der Waals surface area contributed by atoms with Crippen LogP contribution < -0.4 is 4.72 Å². The number of rotatable bonds is 5. The second kappa shape index (κ2) is 5.42. The normalized spacial score (nSPS) is 13.3. The van der Waals surface area contributed by atoms with E-state index in [-0.39, 0.29) is 11.4 Å². The number of aliphatic hydroxyl groups excluding tert-OH is 1. The molecule has 0 amide bonds. The summed E-state index contributed by atoms with van der Waals surface area (Å²) < 4.78 is 38.5. The lowest BCUT2D eigenvalue weighted by atomic mass is 10.2. The predicted molar refractivity (Wildman–Crippen MR) is 60.2 cm³/mol. The van der Waals surface area contributed by atoms with E-state index in [1.54, 1.807) is 0 Å². The summed E-state index contributed by atoms with van der Waals surface area (Å²) in [5, 5.41) is 17.6. The molecular weight excluding hydrogens is 265 g/mol. The fraction of sp³-hybridized carbons (Fsp3) is 0.300. The Bertz CT molecular complexity index is 555. The summed E-state index contributed by atoms with van der Waals surface area (Å²) in [7, 11) is -3.97. The number of hydrogen-bond acceptors (Lipinski definition) is 4. The van der Waals surface area contributed by atoms with Crippen molar-refractivity contribution in [2.75, 3.05) is 6.54 Å². The number of halogens is 1. The van der Waals surface area contributed by atoms with E-state index < -0.39 is 33.5 Å². The standard InChI is InChI=1S/C10H12FNO5S/c1-6(13)5-12-18(16,17)7-2-3-9(11)8(4-7)10(14)15/h2-4,6,12-13H,5H2,1H3,(H,14,15). The molecule has 1 unspecified atom stereocenters. The molecule has 18 heavy (non-hydrogen) atoms. The number of carboxylic acids is 1. The topological polar surface area (TPSA) is 104 Å². The maximum absolute atomic E-state index is 13.1. The summed E-state index contributed by atoms with van der Waals surface area (Å²) >= 11 is 0. The molecule has 3 N–H and O–H groups in total. The molecule has 8 heteroatoms. The summed E-state index contributed by atoms with van der Waals surface area (Å²) in [6.45, 7) is 1.16. The van der Waals surface area contributed by atoms with Gasteiger partial charge in [-0.25, -0.2) is 22.3 Å². The Kier molecular flexibility index (Phi) is 4.38. The zero-order chi connectivity index (χ0) is 13.9. The van der Waals surface area contributed by atoms with Crippen LogP contribution in [0.4, 0.5) is 4.39 Å². The van der Waals surface area contributed by atoms with Gasteiger partial charge >= 0.3 is 5.97 Å². The molecule has 0 saturated heterocycles. The van der Waals surface area contributed by atoms with Crippen LogP contribution in [0, 0.1) is 5.82 Å². The Morgan fingerprint density at radius 2 is 2.11 bits per heavy atom. The first-order chi connectivity index (χ1) is 8.24. The molecule has 1 atom stereocenters.